The molecule has 0 aliphatic carbocycles. The number of anilines is 1. The molecule has 1 N–H and O–H groups in total. The minimum Gasteiger partial charge on any atom is -0.350 e. The van der Waals surface area contributed by atoms with E-state index in [4.69, 9.17) is 11.6 Å². The van der Waals surface area contributed by atoms with Crippen molar-refractivity contribution >= 4 is 35.0 Å². The van der Waals surface area contributed by atoms with Crippen molar-refractivity contribution in [3.05, 3.63) is 76.5 Å². The third kappa shape index (κ3) is 4.49. The lowest BCUT2D eigenvalue weighted by atomic mass is 9.99. The van der Waals surface area contributed by atoms with Crippen LogP contribution in [0.2, 0.25) is 0 Å². The summed E-state index contributed by atoms with van der Waals surface area (Å²) in [6.45, 7) is 3.86. The number of nitrogens with zero attached hydrogens (tertiary/aromatic N) is 2. The van der Waals surface area contributed by atoms with E-state index in [1.807, 2.05) is 35.2 Å². The van der Waals surface area contributed by atoms with Gasteiger partial charge in [0.1, 0.15) is 10.7 Å². The summed E-state index contributed by atoms with van der Waals surface area (Å²) in [5.41, 5.74) is 2.06. The average Bonchev–Trinajstić information content (AvgIpc) is 2.98. The van der Waals surface area contributed by atoms with Crippen LogP contribution in [0.4, 0.5) is 5.69 Å². The number of carbonyl (C=O) groups excluding carboxylic acids is 3. The van der Waals surface area contributed by atoms with Crippen molar-refractivity contribution in [2.24, 2.45) is 5.92 Å². The number of hydrogen-bond acceptors (Lipinski definition) is 4. The molecule has 2 heterocycles. The highest BCUT2D eigenvalue weighted by Crippen LogP contribution is 2.27. The van der Waals surface area contributed by atoms with E-state index in [1.165, 1.54) is 0 Å². The molecule has 3 amide bonds. The molecular weight excluding hydrogens is 414 g/mol. The fourth-order valence-electron chi connectivity index (χ4n) is 3.96. The van der Waals surface area contributed by atoms with E-state index in [-0.39, 0.29) is 23.2 Å². The number of nitrogens with one attached hydrogen (secondary N) is 1. The fraction of sp³-hybridized carbons (Fsp3) is 0.292. The summed E-state index contributed by atoms with van der Waals surface area (Å²) >= 11 is 6.18. The highest BCUT2D eigenvalue weighted by Gasteiger charge is 2.37. The zero-order valence-electron chi connectivity index (χ0n) is 17.3. The zero-order valence-corrected chi connectivity index (χ0v) is 18.1. The summed E-state index contributed by atoms with van der Waals surface area (Å²) in [6, 6.07) is 16.1. The number of benzene rings is 2. The Morgan fingerprint density at radius 3 is 2.45 bits per heavy atom. The summed E-state index contributed by atoms with van der Waals surface area (Å²) in [5.74, 6) is -0.473. The van der Waals surface area contributed by atoms with Gasteiger partial charge in [0.2, 0.25) is 0 Å². The Bertz CT molecular complexity index is 1030. The van der Waals surface area contributed by atoms with Gasteiger partial charge in [-0.1, -0.05) is 48.9 Å². The SMILES string of the molecule is CC1CCCN(C(=O)c2ccc(NC3=C(Cl)C(=O)N(Cc4ccccc4)C3=O)cc2)C1. The largest absolute Gasteiger partial charge is 0.350 e. The van der Waals surface area contributed by atoms with E-state index in [0.29, 0.717) is 17.2 Å². The molecule has 0 aromatic heterocycles. The quantitative estimate of drug-likeness (QED) is 0.718. The summed E-state index contributed by atoms with van der Waals surface area (Å²) in [5, 5.41) is 2.81. The summed E-state index contributed by atoms with van der Waals surface area (Å²) in [6.07, 6.45) is 2.17. The molecule has 7 heteroatoms. The molecule has 6 nitrogen and oxygen atoms in total. The third-order valence-corrected chi connectivity index (χ3v) is 5.99. The second-order valence-corrected chi connectivity index (χ2v) is 8.45. The number of likely N-dealkylation sites (tertiary alicyclic amines) is 1. The van der Waals surface area contributed by atoms with E-state index < -0.39 is 11.8 Å². The number of amides is 3. The van der Waals surface area contributed by atoms with Gasteiger partial charge < -0.3 is 10.2 Å². The normalized spacial score (nSPS) is 19.2. The Hall–Kier alpha value is -3.12. The van der Waals surface area contributed by atoms with E-state index in [2.05, 4.69) is 12.2 Å². The lowest BCUT2D eigenvalue weighted by Gasteiger charge is -2.31. The first kappa shape index (κ1) is 21.1. The third-order valence-electron chi connectivity index (χ3n) is 5.64. The van der Waals surface area contributed by atoms with Gasteiger partial charge in [-0.15, -0.1) is 0 Å². The first-order valence-corrected chi connectivity index (χ1v) is 10.8. The van der Waals surface area contributed by atoms with Crippen molar-refractivity contribution in [3.63, 3.8) is 0 Å². The number of halogens is 1. The van der Waals surface area contributed by atoms with Crippen molar-refractivity contribution in [1.29, 1.82) is 0 Å². The average molecular weight is 438 g/mol. The molecule has 2 aromatic carbocycles. The van der Waals surface area contributed by atoms with Crippen molar-refractivity contribution in [3.8, 4) is 0 Å². The lowest BCUT2D eigenvalue weighted by Crippen LogP contribution is -2.39. The number of hydrogen-bond donors (Lipinski definition) is 1. The van der Waals surface area contributed by atoms with Crippen molar-refractivity contribution in [1.82, 2.24) is 9.80 Å². The van der Waals surface area contributed by atoms with Gasteiger partial charge in [-0.05, 0) is 48.6 Å². The van der Waals surface area contributed by atoms with Crippen LogP contribution in [0, 0.1) is 5.92 Å². The molecule has 0 bridgehead atoms. The molecule has 2 aliphatic rings. The molecule has 0 spiro atoms. The molecule has 0 radical (unpaired) electrons. The van der Waals surface area contributed by atoms with E-state index in [0.717, 1.165) is 36.4 Å². The van der Waals surface area contributed by atoms with Gasteiger partial charge in [0.15, 0.2) is 0 Å². The molecule has 160 valence electrons. The monoisotopic (exact) mass is 437 g/mol. The number of rotatable bonds is 5. The molecule has 1 atom stereocenters. The van der Waals surface area contributed by atoms with Crippen molar-refractivity contribution in [2.45, 2.75) is 26.3 Å². The molecule has 0 saturated carbocycles. The van der Waals surface area contributed by atoms with Crippen LogP contribution in [0.3, 0.4) is 0 Å². The van der Waals surface area contributed by atoms with Gasteiger partial charge in [-0.25, -0.2) is 0 Å². The van der Waals surface area contributed by atoms with Gasteiger partial charge in [0, 0.05) is 24.3 Å². The smallest absolute Gasteiger partial charge is 0.279 e. The Morgan fingerprint density at radius 2 is 1.77 bits per heavy atom. The molecule has 1 unspecified atom stereocenters. The summed E-state index contributed by atoms with van der Waals surface area (Å²) in [7, 11) is 0. The number of imide groups is 1. The molecule has 2 aliphatic heterocycles. The summed E-state index contributed by atoms with van der Waals surface area (Å²) < 4.78 is 0. The molecule has 4 rings (SSSR count). The Kier molecular flexibility index (Phi) is 6.09. The highest BCUT2D eigenvalue weighted by atomic mass is 35.5. The topological polar surface area (TPSA) is 69.7 Å². The summed E-state index contributed by atoms with van der Waals surface area (Å²) in [4.78, 5) is 41.0. The highest BCUT2D eigenvalue weighted by molar-refractivity contribution is 6.48. The minimum absolute atomic E-state index is 0.0107. The maximum atomic E-state index is 12.8. The van der Waals surface area contributed by atoms with E-state index in [1.54, 1.807) is 24.3 Å². The van der Waals surface area contributed by atoms with Gasteiger partial charge >= 0.3 is 0 Å². The molecule has 1 fully saturated rings. The lowest BCUT2D eigenvalue weighted by molar-refractivity contribution is -0.138. The van der Waals surface area contributed by atoms with Crippen LogP contribution in [-0.2, 0) is 16.1 Å². The first-order valence-electron chi connectivity index (χ1n) is 10.4. The maximum absolute atomic E-state index is 12.8. The maximum Gasteiger partial charge on any atom is 0.279 e. The van der Waals surface area contributed by atoms with Gasteiger partial charge in [0.05, 0.1) is 6.54 Å². The number of carbonyl (C=O) groups is 3. The van der Waals surface area contributed by atoms with Crippen molar-refractivity contribution in [2.75, 3.05) is 18.4 Å². The van der Waals surface area contributed by atoms with Crippen LogP contribution in [-0.4, -0.2) is 40.6 Å². The molecule has 31 heavy (non-hydrogen) atoms. The van der Waals surface area contributed by atoms with Crippen LogP contribution in [0.15, 0.2) is 65.3 Å². The van der Waals surface area contributed by atoms with Crippen LogP contribution in [0.25, 0.3) is 0 Å². The minimum atomic E-state index is -0.524. The Morgan fingerprint density at radius 1 is 1.06 bits per heavy atom. The van der Waals surface area contributed by atoms with E-state index in [9.17, 15) is 14.4 Å². The first-order chi connectivity index (χ1) is 14.9. The number of piperidine rings is 1. The van der Waals surface area contributed by atoms with Crippen LogP contribution in [0.1, 0.15) is 35.7 Å². The van der Waals surface area contributed by atoms with Gasteiger partial charge in [-0.2, -0.15) is 0 Å². The predicted octanol–water partition coefficient (Wildman–Crippen LogP) is 3.99. The van der Waals surface area contributed by atoms with Crippen LogP contribution < -0.4 is 5.32 Å². The van der Waals surface area contributed by atoms with Crippen molar-refractivity contribution < 1.29 is 14.4 Å². The van der Waals surface area contributed by atoms with Gasteiger partial charge in [-0.3, -0.25) is 19.3 Å². The van der Waals surface area contributed by atoms with Crippen LogP contribution in [0.5, 0.6) is 0 Å². The molecular formula is C24H24ClN3O3. The van der Waals surface area contributed by atoms with Gasteiger partial charge in [0.25, 0.3) is 17.7 Å². The molecule has 1 saturated heterocycles. The van der Waals surface area contributed by atoms with E-state index >= 15 is 0 Å². The second-order valence-electron chi connectivity index (χ2n) is 8.07. The second kappa shape index (κ2) is 8.94. The molecule has 2 aromatic rings. The fourth-order valence-corrected chi connectivity index (χ4v) is 4.19. The van der Waals surface area contributed by atoms with Crippen LogP contribution >= 0.6 is 11.6 Å². The Labute approximate surface area is 186 Å². The predicted molar refractivity (Wildman–Crippen MR) is 119 cm³/mol. The zero-order chi connectivity index (χ0) is 22.0. The Balaban J connectivity index is 1.44. The standard InChI is InChI=1S/C24H24ClN3O3/c1-16-6-5-13-27(14-16)22(29)18-9-11-19(12-10-18)26-21-20(25)23(30)28(24(21)31)15-17-7-3-2-4-8-17/h2-4,7-12,16,26H,5-6,13-15H2,1H3.